The van der Waals surface area contributed by atoms with Gasteiger partial charge in [0, 0.05) is 29.3 Å². The SMILES string of the molecule is Cc1nn(-c2nc3ncccc3cc2-c2ccc([N+](=O)[O-])cc2)nc1C. The number of nitro benzene ring substituents is 1. The Morgan fingerprint density at radius 1 is 1.04 bits per heavy atom. The fourth-order valence-electron chi connectivity index (χ4n) is 2.67. The van der Waals surface area contributed by atoms with E-state index in [4.69, 9.17) is 0 Å². The van der Waals surface area contributed by atoms with Crippen molar-refractivity contribution >= 4 is 16.7 Å². The van der Waals surface area contributed by atoms with Gasteiger partial charge in [-0.2, -0.15) is 10.2 Å². The maximum atomic E-state index is 10.9. The zero-order chi connectivity index (χ0) is 18.3. The molecule has 0 unspecified atom stereocenters. The van der Waals surface area contributed by atoms with Gasteiger partial charge in [-0.25, -0.2) is 9.97 Å². The third kappa shape index (κ3) is 2.67. The minimum absolute atomic E-state index is 0.0367. The molecule has 0 bridgehead atoms. The summed E-state index contributed by atoms with van der Waals surface area (Å²) in [4.78, 5) is 20.9. The topological polar surface area (TPSA) is 99.6 Å². The van der Waals surface area contributed by atoms with Crippen molar-refractivity contribution in [2.75, 3.05) is 0 Å². The van der Waals surface area contributed by atoms with Gasteiger partial charge in [-0.1, -0.05) is 0 Å². The first-order valence-corrected chi connectivity index (χ1v) is 7.94. The molecule has 0 saturated carbocycles. The smallest absolute Gasteiger partial charge is 0.258 e. The quantitative estimate of drug-likeness (QED) is 0.416. The molecule has 0 spiro atoms. The van der Waals surface area contributed by atoms with Crippen molar-refractivity contribution in [1.82, 2.24) is 25.0 Å². The number of aryl methyl sites for hydroxylation is 2. The minimum atomic E-state index is -0.422. The maximum absolute atomic E-state index is 10.9. The lowest BCUT2D eigenvalue weighted by molar-refractivity contribution is -0.384. The predicted molar refractivity (Wildman–Crippen MR) is 96.0 cm³/mol. The maximum Gasteiger partial charge on any atom is 0.269 e. The van der Waals surface area contributed by atoms with Crippen LogP contribution in [-0.4, -0.2) is 29.9 Å². The summed E-state index contributed by atoms with van der Waals surface area (Å²) in [5.74, 6) is 0.529. The van der Waals surface area contributed by atoms with Crippen molar-refractivity contribution in [3.05, 3.63) is 70.2 Å². The molecule has 128 valence electrons. The first-order valence-electron chi connectivity index (χ1n) is 7.94. The Labute approximate surface area is 148 Å². The standard InChI is InChI=1S/C18H14N6O2/c1-11-12(2)22-23(21-11)18-16(10-14-4-3-9-19-17(14)20-18)13-5-7-15(8-6-13)24(25)26/h3-10H,1-2H3. The highest BCUT2D eigenvalue weighted by Gasteiger charge is 2.16. The summed E-state index contributed by atoms with van der Waals surface area (Å²) >= 11 is 0. The fraction of sp³-hybridized carbons (Fsp3) is 0.111. The van der Waals surface area contributed by atoms with Gasteiger partial charge in [0.2, 0.25) is 0 Å². The molecule has 3 aromatic heterocycles. The molecule has 8 heteroatoms. The highest BCUT2D eigenvalue weighted by Crippen LogP contribution is 2.29. The van der Waals surface area contributed by atoms with Crippen molar-refractivity contribution in [1.29, 1.82) is 0 Å². The number of fused-ring (bicyclic) bond motifs is 1. The average Bonchev–Trinajstić information content (AvgIpc) is 2.99. The number of nitro groups is 1. The van der Waals surface area contributed by atoms with Crippen molar-refractivity contribution < 1.29 is 4.92 Å². The molecule has 0 aliphatic carbocycles. The summed E-state index contributed by atoms with van der Waals surface area (Å²) in [6.45, 7) is 3.76. The molecule has 0 aliphatic heterocycles. The van der Waals surface area contributed by atoms with Crippen LogP contribution in [-0.2, 0) is 0 Å². The van der Waals surface area contributed by atoms with Crippen LogP contribution in [0.2, 0.25) is 0 Å². The Hall–Kier alpha value is -3.68. The highest BCUT2D eigenvalue weighted by molar-refractivity contribution is 5.85. The molecule has 1 aromatic carbocycles. The van der Waals surface area contributed by atoms with Crippen molar-refractivity contribution in [2.24, 2.45) is 0 Å². The van der Waals surface area contributed by atoms with Gasteiger partial charge in [-0.05, 0) is 49.7 Å². The van der Waals surface area contributed by atoms with Gasteiger partial charge in [-0.15, -0.1) is 4.80 Å². The van der Waals surface area contributed by atoms with Crippen LogP contribution in [0.25, 0.3) is 28.0 Å². The molecule has 0 aliphatic rings. The van der Waals surface area contributed by atoms with E-state index in [-0.39, 0.29) is 5.69 Å². The Balaban J connectivity index is 1.96. The minimum Gasteiger partial charge on any atom is -0.258 e. The molecule has 0 N–H and O–H groups in total. The predicted octanol–water partition coefficient (Wildman–Crippen LogP) is 3.40. The van der Waals surface area contributed by atoms with Crippen molar-refractivity contribution in [3.63, 3.8) is 0 Å². The zero-order valence-corrected chi connectivity index (χ0v) is 14.1. The van der Waals surface area contributed by atoms with Crippen LogP contribution in [0.3, 0.4) is 0 Å². The van der Waals surface area contributed by atoms with E-state index in [1.165, 1.54) is 16.9 Å². The molecular formula is C18H14N6O2. The molecule has 26 heavy (non-hydrogen) atoms. The molecule has 0 radical (unpaired) electrons. The second-order valence-corrected chi connectivity index (χ2v) is 5.87. The third-order valence-electron chi connectivity index (χ3n) is 4.16. The van der Waals surface area contributed by atoms with Crippen LogP contribution in [0.4, 0.5) is 5.69 Å². The molecule has 0 amide bonds. The van der Waals surface area contributed by atoms with Gasteiger partial charge in [-0.3, -0.25) is 10.1 Å². The van der Waals surface area contributed by atoms with E-state index in [0.29, 0.717) is 11.5 Å². The lowest BCUT2D eigenvalue weighted by Crippen LogP contribution is -2.05. The lowest BCUT2D eigenvalue weighted by Gasteiger charge is -2.09. The number of benzene rings is 1. The molecule has 4 aromatic rings. The summed E-state index contributed by atoms with van der Waals surface area (Å²) < 4.78 is 0. The van der Waals surface area contributed by atoms with Crippen molar-refractivity contribution in [3.8, 4) is 16.9 Å². The summed E-state index contributed by atoms with van der Waals surface area (Å²) in [5, 5.41) is 20.6. The van der Waals surface area contributed by atoms with E-state index in [1.54, 1.807) is 18.3 Å². The van der Waals surface area contributed by atoms with Gasteiger partial charge in [0.15, 0.2) is 11.5 Å². The van der Waals surface area contributed by atoms with Gasteiger partial charge in [0.05, 0.1) is 16.3 Å². The molecule has 8 nitrogen and oxygen atoms in total. The number of hydrogen-bond donors (Lipinski definition) is 0. The number of non-ortho nitro benzene ring substituents is 1. The summed E-state index contributed by atoms with van der Waals surface area (Å²) in [5.41, 5.74) is 3.80. The number of rotatable bonds is 3. The Bertz CT molecular complexity index is 1110. The molecule has 0 saturated heterocycles. The summed E-state index contributed by atoms with van der Waals surface area (Å²) in [7, 11) is 0. The van der Waals surface area contributed by atoms with E-state index >= 15 is 0 Å². The normalized spacial score (nSPS) is 11.0. The average molecular weight is 346 g/mol. The Morgan fingerprint density at radius 3 is 2.38 bits per heavy atom. The molecule has 3 heterocycles. The van der Waals surface area contributed by atoms with E-state index in [0.717, 1.165) is 27.9 Å². The molecule has 0 fully saturated rings. The first kappa shape index (κ1) is 15.8. The van der Waals surface area contributed by atoms with Crippen molar-refractivity contribution in [2.45, 2.75) is 13.8 Å². The van der Waals surface area contributed by atoms with Crippen LogP contribution in [0, 0.1) is 24.0 Å². The van der Waals surface area contributed by atoms with Crippen LogP contribution in [0.15, 0.2) is 48.7 Å². The largest absolute Gasteiger partial charge is 0.269 e. The summed E-state index contributed by atoms with van der Waals surface area (Å²) in [6.07, 6.45) is 1.68. The Kier molecular flexibility index (Phi) is 3.65. The van der Waals surface area contributed by atoms with Gasteiger partial charge in [0.1, 0.15) is 0 Å². The second kappa shape index (κ2) is 5.99. The first-order chi connectivity index (χ1) is 12.5. The van der Waals surface area contributed by atoms with E-state index in [1.807, 2.05) is 32.0 Å². The molecule has 0 atom stereocenters. The summed E-state index contributed by atoms with van der Waals surface area (Å²) in [6, 6.07) is 12.0. The van der Waals surface area contributed by atoms with Gasteiger partial charge >= 0.3 is 0 Å². The Morgan fingerprint density at radius 2 is 1.73 bits per heavy atom. The monoisotopic (exact) mass is 346 g/mol. The number of aromatic nitrogens is 5. The number of pyridine rings is 2. The van der Waals surface area contributed by atoms with Crippen LogP contribution in [0.1, 0.15) is 11.4 Å². The van der Waals surface area contributed by atoms with Crippen LogP contribution < -0.4 is 0 Å². The fourth-order valence-corrected chi connectivity index (χ4v) is 2.67. The highest BCUT2D eigenvalue weighted by atomic mass is 16.6. The molecular weight excluding hydrogens is 332 g/mol. The number of nitrogens with zero attached hydrogens (tertiary/aromatic N) is 6. The van der Waals surface area contributed by atoms with Gasteiger partial charge < -0.3 is 0 Å². The zero-order valence-electron chi connectivity index (χ0n) is 14.1. The van der Waals surface area contributed by atoms with E-state index < -0.39 is 4.92 Å². The second-order valence-electron chi connectivity index (χ2n) is 5.87. The van der Waals surface area contributed by atoms with Crippen LogP contribution >= 0.6 is 0 Å². The third-order valence-corrected chi connectivity index (χ3v) is 4.16. The van der Waals surface area contributed by atoms with E-state index in [2.05, 4.69) is 20.2 Å². The van der Waals surface area contributed by atoms with Crippen LogP contribution in [0.5, 0.6) is 0 Å². The number of hydrogen-bond acceptors (Lipinski definition) is 6. The van der Waals surface area contributed by atoms with Gasteiger partial charge in [0.25, 0.3) is 5.69 Å². The lowest BCUT2D eigenvalue weighted by atomic mass is 10.0. The molecule has 4 rings (SSSR count). The van der Waals surface area contributed by atoms with E-state index in [9.17, 15) is 10.1 Å².